The van der Waals surface area contributed by atoms with Gasteiger partial charge >= 0.3 is 0 Å². The minimum absolute atomic E-state index is 0.00241. The van der Waals surface area contributed by atoms with Gasteiger partial charge in [-0.2, -0.15) is 0 Å². The summed E-state index contributed by atoms with van der Waals surface area (Å²) < 4.78 is 0. The summed E-state index contributed by atoms with van der Waals surface area (Å²) in [6.45, 7) is 4.66. The minimum atomic E-state index is -0.00241. The fourth-order valence-corrected chi connectivity index (χ4v) is 2.12. The van der Waals surface area contributed by atoms with Crippen LogP contribution in [0, 0.1) is 11.8 Å². The van der Waals surface area contributed by atoms with E-state index in [1.165, 1.54) is 0 Å². The van der Waals surface area contributed by atoms with Gasteiger partial charge in [0, 0.05) is 30.8 Å². The fourth-order valence-electron chi connectivity index (χ4n) is 2.12. The molecular formula is C11H17NO2. The zero-order chi connectivity index (χ0) is 10.3. The Labute approximate surface area is 84.5 Å². The van der Waals surface area contributed by atoms with Crippen molar-refractivity contribution in [2.24, 2.45) is 11.8 Å². The Hall–Kier alpha value is -0.860. The molecule has 0 aromatic rings. The molecule has 1 atom stereocenters. The molecular weight excluding hydrogens is 178 g/mol. The molecule has 0 aromatic carbocycles. The van der Waals surface area contributed by atoms with Crippen LogP contribution in [0.3, 0.4) is 0 Å². The van der Waals surface area contributed by atoms with Crippen molar-refractivity contribution in [3.05, 3.63) is 0 Å². The second-order valence-electron chi connectivity index (χ2n) is 4.72. The molecule has 1 aliphatic heterocycles. The van der Waals surface area contributed by atoms with Crippen LogP contribution < -0.4 is 0 Å². The average molecular weight is 195 g/mol. The van der Waals surface area contributed by atoms with E-state index in [0.29, 0.717) is 24.7 Å². The van der Waals surface area contributed by atoms with Crippen LogP contribution in [0.15, 0.2) is 0 Å². The largest absolute Gasteiger partial charge is 0.340 e. The highest BCUT2D eigenvalue weighted by molar-refractivity contribution is 5.92. The number of hydrogen-bond donors (Lipinski definition) is 0. The lowest BCUT2D eigenvalue weighted by Crippen LogP contribution is -2.32. The number of ketones is 1. The van der Waals surface area contributed by atoms with E-state index in [-0.39, 0.29) is 17.9 Å². The smallest absolute Gasteiger partial charge is 0.223 e. The lowest BCUT2D eigenvalue weighted by atomic mass is 10.00. The highest BCUT2D eigenvalue weighted by atomic mass is 16.2. The SMILES string of the molecule is CC(C)N1CC(C(=O)C2CC2)CC1=O. The Morgan fingerprint density at radius 3 is 2.43 bits per heavy atom. The first-order valence-electron chi connectivity index (χ1n) is 5.42. The number of carbonyl (C=O) groups is 2. The first-order chi connectivity index (χ1) is 6.59. The molecule has 1 saturated heterocycles. The van der Waals surface area contributed by atoms with Crippen LogP contribution in [0.2, 0.25) is 0 Å². The van der Waals surface area contributed by atoms with E-state index in [1.54, 1.807) is 0 Å². The maximum atomic E-state index is 11.7. The van der Waals surface area contributed by atoms with Gasteiger partial charge in [-0.05, 0) is 26.7 Å². The normalized spacial score (nSPS) is 27.5. The van der Waals surface area contributed by atoms with Crippen molar-refractivity contribution in [2.45, 2.75) is 39.2 Å². The Morgan fingerprint density at radius 2 is 2.00 bits per heavy atom. The number of nitrogens with zero attached hydrogens (tertiary/aromatic N) is 1. The molecule has 2 aliphatic rings. The summed E-state index contributed by atoms with van der Waals surface area (Å²) in [7, 11) is 0. The second kappa shape index (κ2) is 3.37. The molecule has 0 spiro atoms. The molecule has 3 nitrogen and oxygen atoms in total. The van der Waals surface area contributed by atoms with Crippen molar-refractivity contribution in [1.82, 2.24) is 4.90 Å². The topological polar surface area (TPSA) is 37.4 Å². The van der Waals surface area contributed by atoms with Crippen LogP contribution in [0.5, 0.6) is 0 Å². The number of rotatable bonds is 3. The molecule has 14 heavy (non-hydrogen) atoms. The Balaban J connectivity index is 1.98. The van der Waals surface area contributed by atoms with Gasteiger partial charge in [0.1, 0.15) is 5.78 Å². The van der Waals surface area contributed by atoms with Crippen LogP contribution in [-0.2, 0) is 9.59 Å². The molecule has 0 aromatic heterocycles. The van der Waals surface area contributed by atoms with Gasteiger partial charge in [0.2, 0.25) is 5.91 Å². The van der Waals surface area contributed by atoms with Crippen molar-refractivity contribution in [2.75, 3.05) is 6.54 Å². The molecule has 0 bridgehead atoms. The Morgan fingerprint density at radius 1 is 1.36 bits per heavy atom. The van der Waals surface area contributed by atoms with Crippen LogP contribution in [0.4, 0.5) is 0 Å². The number of amides is 1. The van der Waals surface area contributed by atoms with Gasteiger partial charge in [0.05, 0.1) is 0 Å². The van der Waals surface area contributed by atoms with Crippen LogP contribution in [0.1, 0.15) is 33.1 Å². The fraction of sp³-hybridized carbons (Fsp3) is 0.818. The first-order valence-corrected chi connectivity index (χ1v) is 5.42. The monoisotopic (exact) mass is 195 g/mol. The third-order valence-corrected chi connectivity index (χ3v) is 3.16. The summed E-state index contributed by atoms with van der Waals surface area (Å²) >= 11 is 0. The van der Waals surface area contributed by atoms with E-state index in [1.807, 2.05) is 18.7 Å². The number of likely N-dealkylation sites (tertiary alicyclic amines) is 1. The maximum Gasteiger partial charge on any atom is 0.223 e. The van der Waals surface area contributed by atoms with Gasteiger partial charge in [-0.3, -0.25) is 9.59 Å². The van der Waals surface area contributed by atoms with Crippen LogP contribution >= 0.6 is 0 Å². The molecule has 1 amide bonds. The van der Waals surface area contributed by atoms with E-state index in [2.05, 4.69) is 0 Å². The molecule has 0 radical (unpaired) electrons. The predicted octanol–water partition coefficient (Wildman–Crippen LogP) is 1.22. The van der Waals surface area contributed by atoms with Crippen LogP contribution in [0.25, 0.3) is 0 Å². The molecule has 1 heterocycles. The predicted molar refractivity (Wildman–Crippen MR) is 52.7 cm³/mol. The molecule has 3 heteroatoms. The molecule has 1 unspecified atom stereocenters. The van der Waals surface area contributed by atoms with Gasteiger partial charge in [0.25, 0.3) is 0 Å². The average Bonchev–Trinajstić information content (AvgIpc) is 2.88. The van der Waals surface area contributed by atoms with E-state index < -0.39 is 0 Å². The summed E-state index contributed by atoms with van der Waals surface area (Å²) in [4.78, 5) is 25.1. The van der Waals surface area contributed by atoms with E-state index in [4.69, 9.17) is 0 Å². The number of carbonyl (C=O) groups excluding carboxylic acids is 2. The third-order valence-electron chi connectivity index (χ3n) is 3.16. The van der Waals surface area contributed by atoms with Crippen molar-refractivity contribution in [1.29, 1.82) is 0 Å². The number of hydrogen-bond acceptors (Lipinski definition) is 2. The lowest BCUT2D eigenvalue weighted by molar-refractivity contribution is -0.129. The van der Waals surface area contributed by atoms with E-state index in [9.17, 15) is 9.59 Å². The summed E-state index contributed by atoms with van der Waals surface area (Å²) in [6, 6.07) is 0.236. The zero-order valence-corrected chi connectivity index (χ0v) is 8.82. The van der Waals surface area contributed by atoms with Crippen molar-refractivity contribution in [3.8, 4) is 0 Å². The van der Waals surface area contributed by atoms with Gasteiger partial charge in [-0.25, -0.2) is 0 Å². The molecule has 2 fully saturated rings. The highest BCUT2D eigenvalue weighted by Gasteiger charge is 2.41. The minimum Gasteiger partial charge on any atom is -0.340 e. The standard InChI is InChI=1S/C11H17NO2/c1-7(2)12-6-9(5-10(12)13)11(14)8-3-4-8/h7-9H,3-6H2,1-2H3. The van der Waals surface area contributed by atoms with Crippen molar-refractivity contribution >= 4 is 11.7 Å². The molecule has 1 saturated carbocycles. The maximum absolute atomic E-state index is 11.7. The van der Waals surface area contributed by atoms with Gasteiger partial charge in [-0.1, -0.05) is 0 Å². The van der Waals surface area contributed by atoms with Crippen molar-refractivity contribution < 1.29 is 9.59 Å². The van der Waals surface area contributed by atoms with Crippen LogP contribution in [-0.4, -0.2) is 29.2 Å². The van der Waals surface area contributed by atoms with Crippen molar-refractivity contribution in [3.63, 3.8) is 0 Å². The second-order valence-corrected chi connectivity index (χ2v) is 4.72. The zero-order valence-electron chi connectivity index (χ0n) is 8.82. The lowest BCUT2D eigenvalue weighted by Gasteiger charge is -2.20. The molecule has 2 rings (SSSR count). The van der Waals surface area contributed by atoms with Gasteiger partial charge in [-0.15, -0.1) is 0 Å². The molecule has 78 valence electrons. The summed E-state index contributed by atoms with van der Waals surface area (Å²) in [6.07, 6.45) is 2.55. The third kappa shape index (κ3) is 1.68. The summed E-state index contributed by atoms with van der Waals surface area (Å²) in [5.74, 6) is 0.776. The van der Waals surface area contributed by atoms with Gasteiger partial charge < -0.3 is 4.90 Å². The summed E-state index contributed by atoms with van der Waals surface area (Å²) in [5, 5.41) is 0. The quantitative estimate of drug-likeness (QED) is 0.679. The highest BCUT2D eigenvalue weighted by Crippen LogP contribution is 2.35. The van der Waals surface area contributed by atoms with E-state index in [0.717, 1.165) is 12.8 Å². The molecule has 1 aliphatic carbocycles. The summed E-state index contributed by atoms with van der Waals surface area (Å²) in [5.41, 5.74) is 0. The van der Waals surface area contributed by atoms with Gasteiger partial charge in [0.15, 0.2) is 0 Å². The number of Topliss-reactive ketones (excluding diaryl/α,β-unsaturated/α-hetero) is 1. The van der Waals surface area contributed by atoms with E-state index >= 15 is 0 Å². The Bertz CT molecular complexity index is 268. The Kier molecular flexibility index (Phi) is 2.33. The first kappa shape index (κ1) is 9.69. The molecule has 0 N–H and O–H groups in total.